The number of nitrogens with zero attached hydrogens (tertiary/aromatic N) is 1. The molecule has 1 spiro atoms. The predicted molar refractivity (Wildman–Crippen MR) is 74.8 cm³/mol. The summed E-state index contributed by atoms with van der Waals surface area (Å²) >= 11 is 0. The molecule has 0 aromatic carbocycles. The fraction of sp³-hybridized carbons (Fsp3) is 0.625. The molecule has 4 nitrogen and oxygen atoms in total. The van der Waals surface area contributed by atoms with Crippen LogP contribution < -0.4 is 0 Å². The summed E-state index contributed by atoms with van der Waals surface area (Å²) in [6.07, 6.45) is 6.91. The summed E-state index contributed by atoms with van der Waals surface area (Å²) in [5.41, 5.74) is 1.64. The highest BCUT2D eigenvalue weighted by molar-refractivity contribution is 5.97. The number of hydrogen-bond acceptors (Lipinski definition) is 4. The number of ketones is 1. The van der Waals surface area contributed by atoms with Crippen molar-refractivity contribution in [1.29, 1.82) is 0 Å². The third-order valence-corrected chi connectivity index (χ3v) is 4.43. The van der Waals surface area contributed by atoms with Crippen molar-refractivity contribution in [2.24, 2.45) is 5.92 Å². The van der Waals surface area contributed by atoms with Crippen LogP contribution >= 0.6 is 0 Å². The summed E-state index contributed by atoms with van der Waals surface area (Å²) < 4.78 is 11.4. The predicted octanol–water partition coefficient (Wildman–Crippen LogP) is 2.55. The molecule has 1 atom stereocenters. The number of aromatic nitrogens is 1. The molecule has 2 fully saturated rings. The van der Waals surface area contributed by atoms with Crippen molar-refractivity contribution in [3.05, 3.63) is 29.6 Å². The highest BCUT2D eigenvalue weighted by Gasteiger charge is 2.41. The molecular weight excluding hydrogens is 254 g/mol. The first kappa shape index (κ1) is 13.7. The van der Waals surface area contributed by atoms with Crippen molar-refractivity contribution in [1.82, 2.24) is 4.98 Å². The molecule has 2 saturated heterocycles. The molecule has 0 N–H and O–H groups in total. The van der Waals surface area contributed by atoms with Gasteiger partial charge in [0.1, 0.15) is 0 Å². The lowest BCUT2D eigenvalue weighted by atomic mass is 9.78. The van der Waals surface area contributed by atoms with Gasteiger partial charge in [-0.2, -0.15) is 0 Å². The van der Waals surface area contributed by atoms with Gasteiger partial charge in [0.15, 0.2) is 5.78 Å². The molecule has 1 aromatic rings. The molecule has 2 aliphatic heterocycles. The van der Waals surface area contributed by atoms with Crippen molar-refractivity contribution in [2.45, 2.75) is 38.2 Å². The molecule has 3 heterocycles. The molecule has 108 valence electrons. The van der Waals surface area contributed by atoms with Crippen LogP contribution in [0.4, 0.5) is 0 Å². The largest absolute Gasteiger partial charge is 0.381 e. The average Bonchev–Trinajstić information content (AvgIpc) is 2.47. The molecule has 1 aromatic heterocycles. The Kier molecular flexibility index (Phi) is 3.85. The zero-order chi connectivity index (χ0) is 14.0. The molecule has 0 amide bonds. The third-order valence-electron chi connectivity index (χ3n) is 4.43. The Hall–Kier alpha value is -1.26. The second kappa shape index (κ2) is 5.62. The van der Waals surface area contributed by atoms with Crippen LogP contribution in [-0.2, 0) is 9.47 Å². The molecule has 20 heavy (non-hydrogen) atoms. The highest BCUT2D eigenvalue weighted by Crippen LogP contribution is 2.38. The molecule has 2 aliphatic rings. The van der Waals surface area contributed by atoms with Crippen LogP contribution in [0.15, 0.2) is 18.5 Å². The van der Waals surface area contributed by atoms with Gasteiger partial charge in [0.05, 0.1) is 5.60 Å². The Labute approximate surface area is 119 Å². The van der Waals surface area contributed by atoms with Crippen LogP contribution in [0, 0.1) is 12.8 Å². The Morgan fingerprint density at radius 1 is 1.30 bits per heavy atom. The summed E-state index contributed by atoms with van der Waals surface area (Å²) in [6, 6.07) is 1.93. The first-order chi connectivity index (χ1) is 9.69. The maximum Gasteiger partial charge on any atom is 0.167 e. The second-order valence-corrected chi connectivity index (χ2v) is 5.95. The van der Waals surface area contributed by atoms with Gasteiger partial charge in [0.2, 0.25) is 0 Å². The van der Waals surface area contributed by atoms with Crippen LogP contribution in [0.25, 0.3) is 0 Å². The number of aryl methyl sites for hydroxylation is 1. The summed E-state index contributed by atoms with van der Waals surface area (Å²) in [5, 5.41) is 0. The van der Waals surface area contributed by atoms with Crippen molar-refractivity contribution in [2.75, 3.05) is 19.8 Å². The second-order valence-electron chi connectivity index (χ2n) is 5.95. The third kappa shape index (κ3) is 2.76. The number of hydrogen-bond donors (Lipinski definition) is 0. The van der Waals surface area contributed by atoms with E-state index in [2.05, 4.69) is 4.98 Å². The van der Waals surface area contributed by atoms with Gasteiger partial charge in [-0.05, 0) is 44.2 Å². The Morgan fingerprint density at radius 3 is 2.85 bits per heavy atom. The minimum absolute atomic E-state index is 0.0606. The highest BCUT2D eigenvalue weighted by atomic mass is 16.5. The summed E-state index contributed by atoms with van der Waals surface area (Å²) in [7, 11) is 0. The van der Waals surface area contributed by atoms with Gasteiger partial charge in [0, 0.05) is 43.7 Å². The van der Waals surface area contributed by atoms with E-state index in [1.165, 1.54) is 0 Å². The SMILES string of the molecule is Cc1cncc(C(=O)C2CCOC3(CCOCC3)C2)c1. The van der Waals surface area contributed by atoms with Crippen molar-refractivity contribution in [3.8, 4) is 0 Å². The van der Waals surface area contributed by atoms with E-state index >= 15 is 0 Å². The minimum Gasteiger partial charge on any atom is -0.381 e. The van der Waals surface area contributed by atoms with Crippen LogP contribution in [0.1, 0.15) is 41.6 Å². The molecule has 1 unspecified atom stereocenters. The van der Waals surface area contributed by atoms with E-state index in [0.29, 0.717) is 6.61 Å². The van der Waals surface area contributed by atoms with Gasteiger partial charge >= 0.3 is 0 Å². The number of pyridine rings is 1. The van der Waals surface area contributed by atoms with E-state index in [-0.39, 0.29) is 17.3 Å². The number of ether oxygens (including phenoxy) is 2. The smallest absolute Gasteiger partial charge is 0.167 e. The van der Waals surface area contributed by atoms with E-state index < -0.39 is 0 Å². The number of carbonyl (C=O) groups is 1. The fourth-order valence-corrected chi connectivity index (χ4v) is 3.27. The van der Waals surface area contributed by atoms with Gasteiger partial charge in [-0.25, -0.2) is 0 Å². The number of rotatable bonds is 2. The van der Waals surface area contributed by atoms with Crippen molar-refractivity contribution < 1.29 is 14.3 Å². The fourth-order valence-electron chi connectivity index (χ4n) is 3.27. The normalized spacial score (nSPS) is 25.6. The first-order valence-corrected chi connectivity index (χ1v) is 7.36. The molecule has 4 heteroatoms. The van der Waals surface area contributed by atoms with Crippen molar-refractivity contribution in [3.63, 3.8) is 0 Å². The lowest BCUT2D eigenvalue weighted by Gasteiger charge is -2.42. The summed E-state index contributed by atoms with van der Waals surface area (Å²) in [6.45, 7) is 4.13. The first-order valence-electron chi connectivity index (χ1n) is 7.36. The van der Waals surface area contributed by atoms with Gasteiger partial charge in [-0.15, -0.1) is 0 Å². The molecule has 0 aliphatic carbocycles. The lowest BCUT2D eigenvalue weighted by Crippen LogP contribution is -2.45. The average molecular weight is 275 g/mol. The van der Waals surface area contributed by atoms with Crippen LogP contribution in [0.5, 0.6) is 0 Å². The van der Waals surface area contributed by atoms with Crippen LogP contribution in [0.3, 0.4) is 0 Å². The Morgan fingerprint density at radius 2 is 2.10 bits per heavy atom. The zero-order valence-electron chi connectivity index (χ0n) is 11.9. The molecule has 3 rings (SSSR count). The minimum atomic E-state index is -0.131. The van der Waals surface area contributed by atoms with Gasteiger partial charge in [-0.3, -0.25) is 9.78 Å². The van der Waals surface area contributed by atoms with Gasteiger partial charge in [0.25, 0.3) is 0 Å². The van der Waals surface area contributed by atoms with E-state index in [0.717, 1.165) is 50.0 Å². The van der Waals surface area contributed by atoms with Gasteiger partial charge < -0.3 is 9.47 Å². The zero-order valence-corrected chi connectivity index (χ0v) is 11.9. The summed E-state index contributed by atoms with van der Waals surface area (Å²) in [5.74, 6) is 0.279. The molecule has 0 saturated carbocycles. The van der Waals surface area contributed by atoms with E-state index in [9.17, 15) is 4.79 Å². The molecule has 0 bridgehead atoms. The monoisotopic (exact) mass is 275 g/mol. The maximum atomic E-state index is 12.7. The molecular formula is C16H21NO3. The van der Waals surface area contributed by atoms with Gasteiger partial charge in [-0.1, -0.05) is 0 Å². The van der Waals surface area contributed by atoms with E-state index in [1.807, 2.05) is 13.0 Å². The molecule has 0 radical (unpaired) electrons. The summed E-state index contributed by atoms with van der Waals surface area (Å²) in [4.78, 5) is 16.8. The topological polar surface area (TPSA) is 48.4 Å². The van der Waals surface area contributed by atoms with E-state index in [4.69, 9.17) is 9.47 Å². The van der Waals surface area contributed by atoms with Crippen molar-refractivity contribution >= 4 is 5.78 Å². The maximum absolute atomic E-state index is 12.7. The van der Waals surface area contributed by atoms with E-state index in [1.54, 1.807) is 12.4 Å². The standard InChI is InChI=1S/C16H21NO3/c1-12-8-14(11-17-10-12)15(18)13-2-5-20-16(9-13)3-6-19-7-4-16/h8,10-11,13H,2-7,9H2,1H3. The Balaban J connectivity index is 1.74. The lowest BCUT2D eigenvalue weighted by molar-refractivity contribution is -0.142. The van der Waals surface area contributed by atoms with Crippen LogP contribution in [-0.4, -0.2) is 36.2 Å². The Bertz CT molecular complexity index is 489. The quantitative estimate of drug-likeness (QED) is 0.778. The number of Topliss-reactive ketones (excluding diaryl/α,β-unsaturated/α-hetero) is 1. The van der Waals surface area contributed by atoms with Crippen LogP contribution in [0.2, 0.25) is 0 Å². The number of carbonyl (C=O) groups excluding carboxylic acids is 1.